The highest BCUT2D eigenvalue weighted by molar-refractivity contribution is 9.10. The summed E-state index contributed by atoms with van der Waals surface area (Å²) in [4.78, 5) is 12.6. The van der Waals surface area contributed by atoms with Gasteiger partial charge in [0.25, 0.3) is 0 Å². The summed E-state index contributed by atoms with van der Waals surface area (Å²) < 4.78 is 2.96. The van der Waals surface area contributed by atoms with Crippen LogP contribution in [-0.4, -0.2) is 26.3 Å². The molecule has 0 saturated heterocycles. The average molecular weight is 464 g/mol. The standard InChI is InChI=1S/C23H18BrN3OS/c1-16-7-13-20(14-8-16)27-22(18-5-3-2-4-6-18)25-26-23(27)29-15-21(28)17-9-11-19(24)12-10-17/h2-14H,15H2,1H3. The van der Waals surface area contributed by atoms with Crippen molar-refractivity contribution >= 4 is 33.5 Å². The monoisotopic (exact) mass is 463 g/mol. The van der Waals surface area contributed by atoms with E-state index >= 15 is 0 Å². The lowest BCUT2D eigenvalue weighted by atomic mass is 10.2. The third kappa shape index (κ3) is 4.49. The molecule has 4 aromatic rings. The number of hydrogen-bond acceptors (Lipinski definition) is 4. The lowest BCUT2D eigenvalue weighted by Gasteiger charge is -2.10. The number of hydrogen-bond donors (Lipinski definition) is 0. The van der Waals surface area contributed by atoms with E-state index < -0.39 is 0 Å². The Labute approximate surface area is 182 Å². The number of halogens is 1. The first kappa shape index (κ1) is 19.6. The molecule has 29 heavy (non-hydrogen) atoms. The van der Waals surface area contributed by atoms with E-state index in [1.807, 2.05) is 71.3 Å². The molecule has 4 rings (SSSR count). The molecule has 0 amide bonds. The number of carbonyl (C=O) groups is 1. The van der Waals surface area contributed by atoms with Gasteiger partial charge >= 0.3 is 0 Å². The van der Waals surface area contributed by atoms with Gasteiger partial charge in [-0.15, -0.1) is 10.2 Å². The molecule has 0 saturated carbocycles. The van der Waals surface area contributed by atoms with Gasteiger partial charge in [0.05, 0.1) is 5.75 Å². The van der Waals surface area contributed by atoms with Gasteiger partial charge in [0.2, 0.25) is 0 Å². The second-order valence-electron chi connectivity index (χ2n) is 6.56. The molecule has 0 bridgehead atoms. The van der Waals surface area contributed by atoms with Crippen LogP contribution in [-0.2, 0) is 0 Å². The number of aromatic nitrogens is 3. The van der Waals surface area contributed by atoms with E-state index in [2.05, 4.69) is 45.2 Å². The fraction of sp³-hybridized carbons (Fsp3) is 0.0870. The van der Waals surface area contributed by atoms with Crippen molar-refractivity contribution in [3.05, 3.63) is 94.5 Å². The molecule has 6 heteroatoms. The quantitative estimate of drug-likeness (QED) is 0.260. The van der Waals surface area contributed by atoms with Crippen LogP contribution in [0.25, 0.3) is 17.1 Å². The molecular formula is C23H18BrN3OS. The highest BCUT2D eigenvalue weighted by atomic mass is 79.9. The van der Waals surface area contributed by atoms with Crippen LogP contribution >= 0.6 is 27.7 Å². The van der Waals surface area contributed by atoms with Crippen LogP contribution in [0.1, 0.15) is 15.9 Å². The third-order valence-corrected chi connectivity index (χ3v) is 5.91. The number of rotatable bonds is 6. The van der Waals surface area contributed by atoms with Crippen molar-refractivity contribution in [2.75, 3.05) is 5.75 Å². The van der Waals surface area contributed by atoms with Crippen LogP contribution in [0.5, 0.6) is 0 Å². The smallest absolute Gasteiger partial charge is 0.196 e. The number of carbonyl (C=O) groups excluding carboxylic acids is 1. The van der Waals surface area contributed by atoms with E-state index in [0.29, 0.717) is 16.5 Å². The molecule has 0 N–H and O–H groups in total. The van der Waals surface area contributed by atoms with E-state index in [1.165, 1.54) is 17.3 Å². The zero-order valence-electron chi connectivity index (χ0n) is 15.7. The molecule has 0 aliphatic carbocycles. The number of aryl methyl sites for hydroxylation is 1. The van der Waals surface area contributed by atoms with Crippen LogP contribution in [0, 0.1) is 6.92 Å². The zero-order chi connectivity index (χ0) is 20.2. The molecule has 0 spiro atoms. The second kappa shape index (κ2) is 8.76. The highest BCUT2D eigenvalue weighted by Crippen LogP contribution is 2.28. The highest BCUT2D eigenvalue weighted by Gasteiger charge is 2.17. The predicted octanol–water partition coefficient (Wildman–Crippen LogP) is 5.98. The first-order valence-corrected chi connectivity index (χ1v) is 10.9. The third-order valence-electron chi connectivity index (χ3n) is 4.46. The van der Waals surface area contributed by atoms with E-state index in [4.69, 9.17) is 0 Å². The largest absolute Gasteiger partial charge is 0.293 e. The summed E-state index contributed by atoms with van der Waals surface area (Å²) in [5, 5.41) is 9.50. The van der Waals surface area contributed by atoms with Crippen molar-refractivity contribution in [2.45, 2.75) is 12.1 Å². The molecule has 3 aromatic carbocycles. The van der Waals surface area contributed by atoms with Gasteiger partial charge < -0.3 is 0 Å². The van der Waals surface area contributed by atoms with E-state index in [1.54, 1.807) is 0 Å². The topological polar surface area (TPSA) is 47.8 Å². The van der Waals surface area contributed by atoms with Crippen molar-refractivity contribution in [1.82, 2.24) is 14.8 Å². The van der Waals surface area contributed by atoms with Gasteiger partial charge in [0.15, 0.2) is 16.8 Å². The summed E-state index contributed by atoms with van der Waals surface area (Å²) in [5.41, 5.74) is 3.82. The minimum absolute atomic E-state index is 0.0576. The Bertz CT molecular complexity index is 1120. The van der Waals surface area contributed by atoms with Gasteiger partial charge in [-0.1, -0.05) is 87.9 Å². The number of thioether (sulfide) groups is 1. The Balaban J connectivity index is 1.66. The lowest BCUT2D eigenvalue weighted by Crippen LogP contribution is -2.05. The molecule has 144 valence electrons. The Morgan fingerprint density at radius 3 is 2.31 bits per heavy atom. The number of Topliss-reactive ketones (excluding diaryl/α,β-unsaturated/α-hetero) is 1. The van der Waals surface area contributed by atoms with Crippen molar-refractivity contribution in [2.24, 2.45) is 0 Å². The number of benzene rings is 3. The van der Waals surface area contributed by atoms with E-state index in [-0.39, 0.29) is 5.78 Å². The maximum absolute atomic E-state index is 12.6. The molecule has 0 fully saturated rings. The number of ketones is 1. The maximum atomic E-state index is 12.6. The molecular weight excluding hydrogens is 446 g/mol. The second-order valence-corrected chi connectivity index (χ2v) is 8.42. The van der Waals surface area contributed by atoms with Gasteiger partial charge in [0, 0.05) is 21.3 Å². The summed E-state index contributed by atoms with van der Waals surface area (Å²) >= 11 is 4.79. The first-order chi connectivity index (χ1) is 14.1. The fourth-order valence-corrected chi connectivity index (χ4v) is 4.02. The summed E-state index contributed by atoms with van der Waals surface area (Å²) in [6.45, 7) is 2.06. The van der Waals surface area contributed by atoms with Crippen LogP contribution in [0.2, 0.25) is 0 Å². The van der Waals surface area contributed by atoms with Crippen molar-refractivity contribution in [3.8, 4) is 17.1 Å². The summed E-state index contributed by atoms with van der Waals surface area (Å²) in [6, 6.07) is 25.6. The van der Waals surface area contributed by atoms with Crippen LogP contribution < -0.4 is 0 Å². The molecule has 0 atom stereocenters. The summed E-state index contributed by atoms with van der Waals surface area (Å²) in [5.74, 6) is 1.11. The van der Waals surface area contributed by atoms with Gasteiger partial charge in [-0.3, -0.25) is 9.36 Å². The van der Waals surface area contributed by atoms with Crippen LogP contribution in [0.4, 0.5) is 0 Å². The fourth-order valence-electron chi connectivity index (χ4n) is 2.91. The maximum Gasteiger partial charge on any atom is 0.196 e. The Morgan fingerprint density at radius 1 is 0.931 bits per heavy atom. The zero-order valence-corrected chi connectivity index (χ0v) is 18.2. The molecule has 0 unspecified atom stereocenters. The molecule has 1 heterocycles. The Hall–Kier alpha value is -2.70. The van der Waals surface area contributed by atoms with Crippen LogP contribution in [0.15, 0.2) is 88.5 Å². The van der Waals surface area contributed by atoms with Gasteiger partial charge in [0.1, 0.15) is 0 Å². The molecule has 1 aromatic heterocycles. The lowest BCUT2D eigenvalue weighted by molar-refractivity contribution is 0.102. The average Bonchev–Trinajstić information content (AvgIpc) is 3.17. The summed E-state index contributed by atoms with van der Waals surface area (Å²) in [7, 11) is 0. The minimum atomic E-state index is 0.0576. The van der Waals surface area contributed by atoms with Crippen molar-refractivity contribution in [1.29, 1.82) is 0 Å². The van der Waals surface area contributed by atoms with Gasteiger partial charge in [-0.05, 0) is 31.2 Å². The van der Waals surface area contributed by atoms with Crippen molar-refractivity contribution in [3.63, 3.8) is 0 Å². The first-order valence-electron chi connectivity index (χ1n) is 9.11. The Kier molecular flexibility index (Phi) is 5.92. The van der Waals surface area contributed by atoms with Gasteiger partial charge in [-0.25, -0.2) is 0 Å². The minimum Gasteiger partial charge on any atom is -0.293 e. The van der Waals surface area contributed by atoms with Gasteiger partial charge in [-0.2, -0.15) is 0 Å². The molecule has 0 radical (unpaired) electrons. The molecule has 0 aliphatic rings. The number of nitrogens with zero attached hydrogens (tertiary/aromatic N) is 3. The normalized spacial score (nSPS) is 10.8. The SMILES string of the molecule is Cc1ccc(-n2c(SCC(=O)c3ccc(Br)cc3)nnc2-c2ccccc2)cc1. The summed E-state index contributed by atoms with van der Waals surface area (Å²) in [6.07, 6.45) is 0. The van der Waals surface area contributed by atoms with E-state index in [9.17, 15) is 4.79 Å². The molecule has 0 aliphatic heterocycles. The Morgan fingerprint density at radius 2 is 1.62 bits per heavy atom. The van der Waals surface area contributed by atoms with Crippen molar-refractivity contribution < 1.29 is 4.79 Å². The van der Waals surface area contributed by atoms with E-state index in [0.717, 1.165) is 21.5 Å². The van der Waals surface area contributed by atoms with Crippen LogP contribution in [0.3, 0.4) is 0 Å². The molecule has 4 nitrogen and oxygen atoms in total. The predicted molar refractivity (Wildman–Crippen MR) is 121 cm³/mol.